The Balaban J connectivity index is 1.54. The van der Waals surface area contributed by atoms with Crippen LogP contribution in [-0.4, -0.2) is 31.2 Å². The van der Waals surface area contributed by atoms with Crippen molar-refractivity contribution in [2.24, 2.45) is 0 Å². The van der Waals surface area contributed by atoms with Gasteiger partial charge in [-0.1, -0.05) is 60.7 Å². The molecule has 2 heterocycles. The normalized spacial score (nSPS) is 23.0. The fourth-order valence-electron chi connectivity index (χ4n) is 3.92. The molecule has 0 N–H and O–H groups in total. The Morgan fingerprint density at radius 3 is 2.57 bits per heavy atom. The van der Waals surface area contributed by atoms with Crippen LogP contribution in [0.5, 0.6) is 5.75 Å². The number of nitrogens with zero attached hydrogens (tertiary/aromatic N) is 1. The van der Waals surface area contributed by atoms with Crippen LogP contribution >= 0.6 is 0 Å². The van der Waals surface area contributed by atoms with Crippen molar-refractivity contribution in [3.8, 4) is 5.75 Å². The van der Waals surface area contributed by atoms with Crippen molar-refractivity contribution in [3.05, 3.63) is 77.9 Å². The number of carbonyl (C=O) groups is 1. The van der Waals surface area contributed by atoms with Crippen LogP contribution in [-0.2, 0) is 15.0 Å². The second-order valence-corrected chi connectivity index (χ2v) is 8.35. The van der Waals surface area contributed by atoms with Gasteiger partial charge in [-0.25, -0.2) is 0 Å². The molecule has 0 radical (unpaired) electrons. The Bertz CT molecular complexity index is 1180. The number of rotatable bonds is 3. The number of hydrogen-bond donors (Lipinski definition) is 0. The lowest BCUT2D eigenvalue weighted by Crippen LogP contribution is -2.44. The van der Waals surface area contributed by atoms with E-state index in [1.807, 2.05) is 36.4 Å². The van der Waals surface area contributed by atoms with Crippen LogP contribution in [0.2, 0.25) is 0 Å². The highest BCUT2D eigenvalue weighted by atomic mass is 32.2. The molecule has 3 aromatic rings. The molecular weight excluding hydrogens is 378 g/mol. The quantitative estimate of drug-likeness (QED) is 0.635. The van der Waals surface area contributed by atoms with Gasteiger partial charge in [0.1, 0.15) is 0 Å². The van der Waals surface area contributed by atoms with Gasteiger partial charge in [-0.2, -0.15) is 8.42 Å². The second kappa shape index (κ2) is 6.41. The first kappa shape index (κ1) is 17.4. The number of benzene rings is 3. The zero-order chi connectivity index (χ0) is 19.3. The van der Waals surface area contributed by atoms with E-state index in [-0.39, 0.29) is 24.6 Å². The molecule has 2 aliphatic rings. The van der Waals surface area contributed by atoms with Gasteiger partial charge in [-0.3, -0.25) is 4.79 Å². The summed E-state index contributed by atoms with van der Waals surface area (Å²) in [4.78, 5) is 12.6. The number of hydrogen-bond acceptors (Lipinski definition) is 5. The van der Waals surface area contributed by atoms with Gasteiger partial charge in [0.15, 0.2) is 17.8 Å². The summed E-state index contributed by atoms with van der Waals surface area (Å²) in [5, 5.41) is 1.84. The van der Waals surface area contributed by atoms with E-state index in [1.165, 1.54) is 4.31 Å². The zero-order valence-corrected chi connectivity index (χ0v) is 15.6. The van der Waals surface area contributed by atoms with Gasteiger partial charge in [0.25, 0.3) is 0 Å². The standard InChI is InChI=1S/C21H17NO5S/c23-18(15-7-2-1-3-8-15)12-16-13-26-21-20-17-9-5-4-6-14(17)10-11-19(20)27-28(24,25)22(16)21/h1-11,16,21H,12-13H2/t16-,21+/m1/s1. The second-order valence-electron chi connectivity index (χ2n) is 6.90. The summed E-state index contributed by atoms with van der Waals surface area (Å²) in [6, 6.07) is 19.4. The maximum Gasteiger partial charge on any atom is 0.388 e. The van der Waals surface area contributed by atoms with Crippen molar-refractivity contribution in [1.29, 1.82) is 0 Å². The number of ketones is 1. The highest BCUT2D eigenvalue weighted by Crippen LogP contribution is 2.46. The lowest BCUT2D eigenvalue weighted by Gasteiger charge is -2.32. The van der Waals surface area contributed by atoms with Crippen LogP contribution in [0.1, 0.15) is 28.6 Å². The van der Waals surface area contributed by atoms with E-state index in [2.05, 4.69) is 0 Å². The molecule has 5 rings (SSSR count). The van der Waals surface area contributed by atoms with Crippen LogP contribution in [0.15, 0.2) is 66.7 Å². The average molecular weight is 395 g/mol. The molecule has 28 heavy (non-hydrogen) atoms. The van der Waals surface area contributed by atoms with Gasteiger partial charge in [0.05, 0.1) is 12.6 Å². The van der Waals surface area contributed by atoms with Gasteiger partial charge in [-0.15, -0.1) is 4.31 Å². The Kier molecular flexibility index (Phi) is 3.97. The molecule has 1 fully saturated rings. The lowest BCUT2D eigenvalue weighted by atomic mass is 10.0. The topological polar surface area (TPSA) is 72.9 Å². The summed E-state index contributed by atoms with van der Waals surface area (Å²) in [6.07, 6.45) is -0.767. The highest BCUT2D eigenvalue weighted by Gasteiger charge is 2.50. The summed E-state index contributed by atoms with van der Waals surface area (Å²) < 4.78 is 38.1. The highest BCUT2D eigenvalue weighted by molar-refractivity contribution is 7.84. The third kappa shape index (κ3) is 2.71. The van der Waals surface area contributed by atoms with E-state index in [9.17, 15) is 13.2 Å². The lowest BCUT2D eigenvalue weighted by molar-refractivity contribution is 0.0587. The molecule has 0 spiro atoms. The van der Waals surface area contributed by atoms with Crippen molar-refractivity contribution in [2.75, 3.05) is 6.61 Å². The van der Waals surface area contributed by atoms with Crippen LogP contribution in [0, 0.1) is 0 Å². The minimum Gasteiger partial charge on any atom is -0.370 e. The van der Waals surface area contributed by atoms with Crippen LogP contribution in [0.25, 0.3) is 10.8 Å². The predicted molar refractivity (Wildman–Crippen MR) is 103 cm³/mol. The summed E-state index contributed by atoms with van der Waals surface area (Å²) in [6.45, 7) is 0.133. The largest absolute Gasteiger partial charge is 0.388 e. The molecule has 2 atom stereocenters. The molecule has 1 saturated heterocycles. The Morgan fingerprint density at radius 2 is 1.75 bits per heavy atom. The summed E-state index contributed by atoms with van der Waals surface area (Å²) >= 11 is 0. The smallest absolute Gasteiger partial charge is 0.370 e. The molecule has 2 aliphatic heterocycles. The van der Waals surface area contributed by atoms with Gasteiger partial charge in [-0.05, 0) is 16.8 Å². The van der Waals surface area contributed by atoms with E-state index in [1.54, 1.807) is 30.3 Å². The molecule has 3 aromatic carbocycles. The third-order valence-corrected chi connectivity index (χ3v) is 6.58. The summed E-state index contributed by atoms with van der Waals surface area (Å²) in [5.74, 6) is 0.142. The molecule has 0 unspecified atom stereocenters. The fraction of sp³-hybridized carbons (Fsp3) is 0.190. The molecule has 7 heteroatoms. The average Bonchev–Trinajstić information content (AvgIpc) is 3.13. The fourth-order valence-corrected chi connectivity index (χ4v) is 5.27. The van der Waals surface area contributed by atoms with Crippen LogP contribution < -0.4 is 4.18 Å². The molecule has 0 amide bonds. The van der Waals surface area contributed by atoms with Crippen molar-refractivity contribution in [2.45, 2.75) is 18.7 Å². The van der Waals surface area contributed by atoms with Gasteiger partial charge >= 0.3 is 10.3 Å². The van der Waals surface area contributed by atoms with Crippen molar-refractivity contribution in [1.82, 2.24) is 4.31 Å². The summed E-state index contributed by atoms with van der Waals surface area (Å²) in [7, 11) is -4.06. The predicted octanol–water partition coefficient (Wildman–Crippen LogP) is 3.45. The minimum atomic E-state index is -4.06. The maximum atomic E-state index is 12.8. The van der Waals surface area contributed by atoms with E-state index < -0.39 is 22.6 Å². The number of Topliss-reactive ketones (excluding diaryl/α,β-unsaturated/α-hetero) is 1. The maximum absolute atomic E-state index is 12.8. The number of fused-ring (bicyclic) bond motifs is 5. The van der Waals surface area contributed by atoms with Crippen LogP contribution in [0.4, 0.5) is 0 Å². The molecular formula is C21H17NO5S. The summed E-state index contributed by atoms with van der Waals surface area (Å²) in [5.41, 5.74) is 1.23. The van der Waals surface area contributed by atoms with E-state index >= 15 is 0 Å². The van der Waals surface area contributed by atoms with E-state index in [0.717, 1.165) is 10.8 Å². The monoisotopic (exact) mass is 395 g/mol. The first-order valence-corrected chi connectivity index (χ1v) is 10.4. The van der Waals surface area contributed by atoms with Crippen molar-refractivity contribution < 1.29 is 22.1 Å². The van der Waals surface area contributed by atoms with E-state index in [0.29, 0.717) is 11.1 Å². The molecule has 6 nitrogen and oxygen atoms in total. The van der Waals surface area contributed by atoms with Crippen LogP contribution in [0.3, 0.4) is 0 Å². The zero-order valence-electron chi connectivity index (χ0n) is 14.8. The minimum absolute atomic E-state index is 0.0310. The first-order valence-electron chi connectivity index (χ1n) is 8.99. The number of ether oxygens (including phenoxy) is 1. The van der Waals surface area contributed by atoms with Gasteiger partial charge in [0.2, 0.25) is 0 Å². The Morgan fingerprint density at radius 1 is 1.00 bits per heavy atom. The SMILES string of the molecule is O=C(C[C@@H]1CO[C@H]2c3c(ccc4ccccc34)OS(=O)(=O)N12)c1ccccc1. The first-order chi connectivity index (χ1) is 13.5. The van der Waals surface area contributed by atoms with E-state index in [4.69, 9.17) is 8.92 Å². The Hall–Kier alpha value is -2.74. The van der Waals surface area contributed by atoms with Gasteiger partial charge in [0, 0.05) is 17.5 Å². The molecule has 0 aliphatic carbocycles. The third-order valence-electron chi connectivity index (χ3n) is 5.19. The molecule has 0 bridgehead atoms. The van der Waals surface area contributed by atoms with Crippen molar-refractivity contribution >= 4 is 26.9 Å². The molecule has 0 saturated carbocycles. The van der Waals surface area contributed by atoms with Crippen molar-refractivity contribution in [3.63, 3.8) is 0 Å². The Labute approximate surface area is 162 Å². The number of carbonyl (C=O) groups excluding carboxylic acids is 1. The molecule has 0 aromatic heterocycles. The molecule has 142 valence electrons. The van der Waals surface area contributed by atoms with Gasteiger partial charge < -0.3 is 8.92 Å².